The van der Waals surface area contributed by atoms with E-state index < -0.39 is 0 Å². The number of nitrogens with zero attached hydrogens (tertiary/aromatic N) is 1. The molecule has 0 amide bonds. The highest BCUT2D eigenvalue weighted by Gasteiger charge is 2.08. The highest BCUT2D eigenvalue weighted by atomic mass is 32.1. The van der Waals surface area contributed by atoms with Gasteiger partial charge in [0.25, 0.3) is 0 Å². The van der Waals surface area contributed by atoms with Crippen molar-refractivity contribution in [3.63, 3.8) is 0 Å². The van der Waals surface area contributed by atoms with Crippen molar-refractivity contribution < 1.29 is 4.74 Å². The first kappa shape index (κ1) is 19.9. The minimum absolute atomic E-state index is 0.588. The van der Waals surface area contributed by atoms with Crippen LogP contribution in [0.3, 0.4) is 0 Å². The van der Waals surface area contributed by atoms with Crippen molar-refractivity contribution in [2.75, 3.05) is 20.7 Å². The van der Waals surface area contributed by atoms with Gasteiger partial charge in [0.1, 0.15) is 0 Å². The standard InChI is InChI=1S/C23H27NOS/c1-4-25-23(26)21(16-15-19-11-7-5-8-12-19)17-18-22(24(2)3)20-13-9-6-10-14-20/h5-14,17-18H,4,15-16H2,1-3H3. The molecule has 0 saturated heterocycles. The van der Waals surface area contributed by atoms with Gasteiger partial charge in [0.2, 0.25) is 0 Å². The fourth-order valence-corrected chi connectivity index (χ4v) is 2.98. The number of aryl methyl sites for hydroxylation is 1. The fraction of sp³-hybridized carbons (Fsp3) is 0.261. The lowest BCUT2D eigenvalue weighted by molar-refractivity contribution is 0.335. The molecule has 0 fully saturated rings. The van der Waals surface area contributed by atoms with Crippen LogP contribution >= 0.6 is 12.2 Å². The topological polar surface area (TPSA) is 12.5 Å². The van der Waals surface area contributed by atoms with Crippen LogP contribution in [0, 0.1) is 0 Å². The van der Waals surface area contributed by atoms with E-state index in [0.717, 1.165) is 24.1 Å². The average molecular weight is 366 g/mol. The van der Waals surface area contributed by atoms with Gasteiger partial charge in [-0.25, -0.2) is 0 Å². The molecule has 0 radical (unpaired) electrons. The van der Waals surface area contributed by atoms with Crippen molar-refractivity contribution in [2.24, 2.45) is 0 Å². The van der Waals surface area contributed by atoms with E-state index in [4.69, 9.17) is 17.0 Å². The lowest BCUT2D eigenvalue weighted by Gasteiger charge is -2.17. The summed E-state index contributed by atoms with van der Waals surface area (Å²) in [5.74, 6) is 0. The normalized spacial score (nSPS) is 12.0. The number of hydrogen-bond acceptors (Lipinski definition) is 3. The molecule has 0 heterocycles. The molecule has 0 aliphatic heterocycles. The SMILES string of the molecule is CCOC(=S)C(=CC=C(c1ccccc1)N(C)C)CCc1ccccc1. The molecule has 2 nitrogen and oxygen atoms in total. The first-order chi connectivity index (χ1) is 12.6. The summed E-state index contributed by atoms with van der Waals surface area (Å²) in [5, 5.41) is 0.589. The second-order valence-corrected chi connectivity index (χ2v) is 6.58. The summed E-state index contributed by atoms with van der Waals surface area (Å²) in [6.45, 7) is 2.55. The predicted octanol–water partition coefficient (Wildman–Crippen LogP) is 5.51. The highest BCUT2D eigenvalue weighted by Crippen LogP contribution is 2.19. The molecule has 2 aromatic carbocycles. The molecule has 2 aromatic rings. The van der Waals surface area contributed by atoms with Gasteiger partial charge in [0.15, 0.2) is 5.05 Å². The van der Waals surface area contributed by atoms with Gasteiger partial charge in [-0.2, -0.15) is 0 Å². The Balaban J connectivity index is 2.25. The van der Waals surface area contributed by atoms with Crippen LogP contribution in [-0.4, -0.2) is 30.7 Å². The van der Waals surface area contributed by atoms with Gasteiger partial charge < -0.3 is 9.64 Å². The van der Waals surface area contributed by atoms with Crippen molar-refractivity contribution in [1.82, 2.24) is 4.90 Å². The molecule has 2 rings (SSSR count). The minimum atomic E-state index is 0.588. The van der Waals surface area contributed by atoms with E-state index in [0.29, 0.717) is 11.7 Å². The van der Waals surface area contributed by atoms with E-state index in [9.17, 15) is 0 Å². The maximum atomic E-state index is 5.61. The summed E-state index contributed by atoms with van der Waals surface area (Å²) < 4.78 is 5.61. The summed E-state index contributed by atoms with van der Waals surface area (Å²) in [4.78, 5) is 2.12. The number of thiocarbonyl (C=S) groups is 1. The zero-order chi connectivity index (χ0) is 18.8. The second-order valence-electron chi connectivity index (χ2n) is 6.21. The third-order valence-electron chi connectivity index (χ3n) is 4.06. The molecule has 3 heteroatoms. The van der Waals surface area contributed by atoms with Gasteiger partial charge >= 0.3 is 0 Å². The van der Waals surface area contributed by atoms with E-state index in [1.54, 1.807) is 0 Å². The number of rotatable bonds is 8. The summed E-state index contributed by atoms with van der Waals surface area (Å²) in [6.07, 6.45) is 6.02. The van der Waals surface area contributed by atoms with Gasteiger partial charge in [-0.1, -0.05) is 66.7 Å². The summed E-state index contributed by atoms with van der Waals surface area (Å²) in [5.41, 5.74) is 4.68. The number of benzene rings is 2. The third kappa shape index (κ3) is 6.16. The Morgan fingerprint density at radius 2 is 1.58 bits per heavy atom. The molecule has 0 N–H and O–H groups in total. The first-order valence-electron chi connectivity index (χ1n) is 8.96. The van der Waals surface area contributed by atoms with Crippen LogP contribution < -0.4 is 0 Å². The minimum Gasteiger partial charge on any atom is -0.483 e. The molecule has 0 bridgehead atoms. The molecule has 0 aliphatic carbocycles. The molecule has 0 unspecified atom stereocenters. The van der Waals surface area contributed by atoms with Crippen molar-refractivity contribution in [3.05, 3.63) is 89.5 Å². The van der Waals surface area contributed by atoms with Crippen molar-refractivity contribution >= 4 is 23.0 Å². The van der Waals surface area contributed by atoms with Crippen LogP contribution in [0.15, 0.2) is 78.4 Å². The molecular weight excluding hydrogens is 338 g/mol. The summed E-state index contributed by atoms with van der Waals surface area (Å²) in [7, 11) is 4.11. The third-order valence-corrected chi connectivity index (χ3v) is 4.44. The zero-order valence-electron chi connectivity index (χ0n) is 15.8. The molecular formula is C23H27NOS. The maximum absolute atomic E-state index is 5.61. The summed E-state index contributed by atoms with van der Waals surface area (Å²) in [6, 6.07) is 20.8. The molecule has 0 spiro atoms. The van der Waals surface area contributed by atoms with Crippen LogP contribution in [0.5, 0.6) is 0 Å². The van der Waals surface area contributed by atoms with Crippen LogP contribution in [0.2, 0.25) is 0 Å². The average Bonchev–Trinajstić information content (AvgIpc) is 2.66. The van der Waals surface area contributed by atoms with Crippen molar-refractivity contribution in [3.8, 4) is 0 Å². The van der Waals surface area contributed by atoms with Gasteiger partial charge in [0.05, 0.1) is 6.61 Å². The first-order valence-corrected chi connectivity index (χ1v) is 9.37. The Bertz CT molecular complexity index is 748. The Morgan fingerprint density at radius 1 is 0.962 bits per heavy atom. The smallest absolute Gasteiger partial charge is 0.186 e. The number of hydrogen-bond donors (Lipinski definition) is 0. The molecule has 0 atom stereocenters. The largest absolute Gasteiger partial charge is 0.483 e. The van der Waals surface area contributed by atoms with Crippen molar-refractivity contribution in [1.29, 1.82) is 0 Å². The van der Waals surface area contributed by atoms with Crippen LogP contribution in [0.25, 0.3) is 5.70 Å². The van der Waals surface area contributed by atoms with E-state index in [-0.39, 0.29) is 0 Å². The summed E-state index contributed by atoms with van der Waals surface area (Å²) >= 11 is 5.49. The Hall–Kier alpha value is -2.39. The monoisotopic (exact) mass is 365 g/mol. The van der Waals surface area contributed by atoms with E-state index in [2.05, 4.69) is 79.7 Å². The quantitative estimate of drug-likeness (QED) is 0.347. The van der Waals surface area contributed by atoms with Crippen molar-refractivity contribution in [2.45, 2.75) is 19.8 Å². The van der Waals surface area contributed by atoms with Crippen LogP contribution in [0.4, 0.5) is 0 Å². The number of ether oxygens (including phenoxy) is 1. The Labute approximate surface area is 162 Å². The number of allylic oxidation sites excluding steroid dienone is 2. The van der Waals surface area contributed by atoms with E-state index in [1.807, 2.05) is 19.1 Å². The van der Waals surface area contributed by atoms with Gasteiger partial charge in [-0.15, -0.1) is 0 Å². The molecule has 26 heavy (non-hydrogen) atoms. The highest BCUT2D eigenvalue weighted by molar-refractivity contribution is 7.80. The lowest BCUT2D eigenvalue weighted by atomic mass is 10.0. The lowest BCUT2D eigenvalue weighted by Crippen LogP contribution is -2.10. The maximum Gasteiger partial charge on any atom is 0.186 e. The van der Waals surface area contributed by atoms with Gasteiger partial charge in [-0.3, -0.25) is 0 Å². The fourth-order valence-electron chi connectivity index (χ4n) is 2.69. The van der Waals surface area contributed by atoms with Gasteiger partial charge in [-0.05, 0) is 49.2 Å². The van der Waals surface area contributed by atoms with E-state index in [1.165, 1.54) is 11.1 Å². The molecule has 136 valence electrons. The molecule has 0 saturated carbocycles. The Kier molecular flexibility index (Phi) is 8.10. The second kappa shape index (κ2) is 10.6. The Morgan fingerprint density at radius 3 is 2.15 bits per heavy atom. The predicted molar refractivity (Wildman–Crippen MR) is 115 cm³/mol. The van der Waals surface area contributed by atoms with Gasteiger partial charge in [0, 0.05) is 25.4 Å². The van der Waals surface area contributed by atoms with Crippen LogP contribution in [-0.2, 0) is 11.2 Å². The van der Waals surface area contributed by atoms with Crippen LogP contribution in [0.1, 0.15) is 24.5 Å². The molecule has 0 aliphatic rings. The zero-order valence-corrected chi connectivity index (χ0v) is 16.6. The van der Waals surface area contributed by atoms with E-state index >= 15 is 0 Å². The molecule has 0 aromatic heterocycles.